The highest BCUT2D eigenvalue weighted by molar-refractivity contribution is 9.10. The van der Waals surface area contributed by atoms with E-state index >= 15 is 0 Å². The van der Waals surface area contributed by atoms with Gasteiger partial charge in [0.05, 0.1) is 0 Å². The van der Waals surface area contributed by atoms with Crippen molar-refractivity contribution in [1.29, 1.82) is 0 Å². The lowest BCUT2D eigenvalue weighted by Crippen LogP contribution is -2.36. The molecule has 0 N–H and O–H groups in total. The highest BCUT2D eigenvalue weighted by Crippen LogP contribution is 2.22. The van der Waals surface area contributed by atoms with Crippen molar-refractivity contribution in [3.63, 3.8) is 0 Å². The maximum Gasteiger partial charge on any atom is 0.0178 e. The van der Waals surface area contributed by atoms with E-state index in [0.717, 1.165) is 12.5 Å². The van der Waals surface area contributed by atoms with Crippen molar-refractivity contribution in [3.05, 3.63) is 34.3 Å². The van der Waals surface area contributed by atoms with Gasteiger partial charge in [-0.3, -0.25) is 0 Å². The molecule has 1 saturated heterocycles. The molecule has 1 fully saturated rings. The normalized spacial score (nSPS) is 19.4. The van der Waals surface area contributed by atoms with E-state index in [0.29, 0.717) is 5.92 Å². The second kappa shape index (κ2) is 7.58. The molecule has 0 spiro atoms. The summed E-state index contributed by atoms with van der Waals surface area (Å²) in [5.74, 6) is 1.47. The molecule has 0 aromatic heterocycles. The molecule has 0 saturated carbocycles. The predicted octanol–water partition coefficient (Wildman–Crippen LogP) is 3.83. The van der Waals surface area contributed by atoms with E-state index in [-0.39, 0.29) is 0 Å². The third-order valence-corrected chi connectivity index (χ3v) is 4.90. The second-order valence-corrected chi connectivity index (χ2v) is 7.34. The Morgan fingerprint density at radius 2 is 2.05 bits per heavy atom. The summed E-state index contributed by atoms with van der Waals surface area (Å²) in [6.07, 6.45) is 2.71. The standard InChI is InChI=1S/C17H27BrN2/c1-14(16-5-4-6-17(18)11-16)12-20(3)13-15-7-9-19(2)10-8-15/h4-6,11,14-15H,7-10,12-13H2,1-3H3/t14-/m1/s1. The van der Waals surface area contributed by atoms with Crippen LogP contribution in [0, 0.1) is 5.92 Å². The number of hydrogen-bond acceptors (Lipinski definition) is 2. The Morgan fingerprint density at radius 1 is 1.35 bits per heavy atom. The van der Waals surface area contributed by atoms with Crippen molar-refractivity contribution in [2.24, 2.45) is 5.92 Å². The monoisotopic (exact) mass is 338 g/mol. The summed E-state index contributed by atoms with van der Waals surface area (Å²) in [6.45, 7) is 7.24. The Balaban J connectivity index is 1.80. The van der Waals surface area contributed by atoms with Crippen molar-refractivity contribution >= 4 is 15.9 Å². The number of hydrogen-bond donors (Lipinski definition) is 0. The Labute approximate surface area is 132 Å². The molecule has 1 aliphatic rings. The quantitative estimate of drug-likeness (QED) is 0.805. The van der Waals surface area contributed by atoms with E-state index in [1.165, 1.54) is 42.5 Å². The van der Waals surface area contributed by atoms with Gasteiger partial charge in [-0.25, -0.2) is 0 Å². The van der Waals surface area contributed by atoms with Gasteiger partial charge in [-0.1, -0.05) is 35.0 Å². The lowest BCUT2D eigenvalue weighted by molar-refractivity contribution is 0.173. The van der Waals surface area contributed by atoms with E-state index in [1.54, 1.807) is 0 Å². The van der Waals surface area contributed by atoms with E-state index in [2.05, 4.69) is 71.0 Å². The van der Waals surface area contributed by atoms with Gasteiger partial charge in [-0.15, -0.1) is 0 Å². The van der Waals surface area contributed by atoms with Gasteiger partial charge in [0.15, 0.2) is 0 Å². The number of likely N-dealkylation sites (tertiary alicyclic amines) is 1. The molecular formula is C17H27BrN2. The zero-order valence-electron chi connectivity index (χ0n) is 13.0. The Kier molecular flexibility index (Phi) is 6.06. The minimum atomic E-state index is 0.587. The van der Waals surface area contributed by atoms with Crippen molar-refractivity contribution in [1.82, 2.24) is 9.80 Å². The van der Waals surface area contributed by atoms with E-state index < -0.39 is 0 Å². The minimum Gasteiger partial charge on any atom is -0.306 e. The molecule has 0 aliphatic carbocycles. The van der Waals surface area contributed by atoms with Crippen LogP contribution in [0.5, 0.6) is 0 Å². The maximum absolute atomic E-state index is 3.56. The van der Waals surface area contributed by atoms with Gasteiger partial charge in [0.2, 0.25) is 0 Å². The molecule has 1 aliphatic heterocycles. The lowest BCUT2D eigenvalue weighted by atomic mass is 9.95. The number of nitrogens with zero attached hydrogens (tertiary/aromatic N) is 2. The number of piperidine rings is 1. The molecular weight excluding hydrogens is 312 g/mol. The minimum absolute atomic E-state index is 0.587. The van der Waals surface area contributed by atoms with Crippen molar-refractivity contribution in [3.8, 4) is 0 Å². The van der Waals surface area contributed by atoms with Crippen molar-refractivity contribution in [2.45, 2.75) is 25.7 Å². The molecule has 2 rings (SSSR count). The average molecular weight is 339 g/mol. The van der Waals surface area contributed by atoms with Crippen LogP contribution in [0.4, 0.5) is 0 Å². The third-order valence-electron chi connectivity index (χ3n) is 4.41. The summed E-state index contributed by atoms with van der Waals surface area (Å²) < 4.78 is 1.18. The summed E-state index contributed by atoms with van der Waals surface area (Å²) in [7, 11) is 4.50. The molecule has 20 heavy (non-hydrogen) atoms. The predicted molar refractivity (Wildman–Crippen MR) is 90.3 cm³/mol. The number of rotatable bonds is 5. The van der Waals surface area contributed by atoms with Crippen LogP contribution in [-0.4, -0.2) is 50.1 Å². The van der Waals surface area contributed by atoms with Gasteiger partial charge in [-0.2, -0.15) is 0 Å². The summed E-state index contributed by atoms with van der Waals surface area (Å²) in [4.78, 5) is 4.96. The first kappa shape index (κ1) is 16.0. The fourth-order valence-corrected chi connectivity index (χ4v) is 3.56. The number of halogens is 1. The fourth-order valence-electron chi connectivity index (χ4n) is 3.15. The van der Waals surface area contributed by atoms with E-state index in [4.69, 9.17) is 0 Å². The lowest BCUT2D eigenvalue weighted by Gasteiger charge is -2.32. The molecule has 1 aromatic rings. The van der Waals surface area contributed by atoms with Crippen LogP contribution in [0.25, 0.3) is 0 Å². The van der Waals surface area contributed by atoms with E-state index in [9.17, 15) is 0 Å². The molecule has 1 heterocycles. The van der Waals surface area contributed by atoms with Crippen LogP contribution < -0.4 is 0 Å². The number of likely N-dealkylation sites (N-methyl/N-ethyl adjacent to an activating group) is 1. The van der Waals surface area contributed by atoms with Gasteiger partial charge >= 0.3 is 0 Å². The smallest absolute Gasteiger partial charge is 0.0178 e. The topological polar surface area (TPSA) is 6.48 Å². The molecule has 1 aromatic carbocycles. The third kappa shape index (κ3) is 4.87. The van der Waals surface area contributed by atoms with Crippen molar-refractivity contribution in [2.75, 3.05) is 40.3 Å². The SMILES string of the molecule is C[C@H](CN(C)CC1CCN(C)CC1)c1cccc(Br)c1. The molecule has 0 radical (unpaired) electrons. The zero-order chi connectivity index (χ0) is 14.5. The van der Waals surface area contributed by atoms with Gasteiger partial charge in [0.25, 0.3) is 0 Å². The molecule has 2 nitrogen and oxygen atoms in total. The first-order valence-electron chi connectivity index (χ1n) is 7.67. The van der Waals surface area contributed by atoms with Crippen molar-refractivity contribution < 1.29 is 0 Å². The van der Waals surface area contributed by atoms with Gasteiger partial charge < -0.3 is 9.80 Å². The molecule has 1 atom stereocenters. The maximum atomic E-state index is 3.56. The highest BCUT2D eigenvalue weighted by atomic mass is 79.9. The molecule has 0 bridgehead atoms. The molecule has 0 unspecified atom stereocenters. The Morgan fingerprint density at radius 3 is 2.70 bits per heavy atom. The second-order valence-electron chi connectivity index (χ2n) is 6.42. The zero-order valence-corrected chi connectivity index (χ0v) is 14.6. The first-order valence-corrected chi connectivity index (χ1v) is 8.46. The summed E-state index contributed by atoms with van der Waals surface area (Å²) in [5.41, 5.74) is 1.43. The average Bonchev–Trinajstić information content (AvgIpc) is 2.41. The summed E-state index contributed by atoms with van der Waals surface area (Å²) in [6, 6.07) is 8.71. The summed E-state index contributed by atoms with van der Waals surface area (Å²) in [5, 5.41) is 0. The van der Waals surface area contributed by atoms with Gasteiger partial charge in [0.1, 0.15) is 0 Å². The largest absolute Gasteiger partial charge is 0.306 e. The first-order chi connectivity index (χ1) is 9.54. The van der Waals surface area contributed by atoms with Crippen LogP contribution in [0.3, 0.4) is 0 Å². The van der Waals surface area contributed by atoms with Gasteiger partial charge in [0, 0.05) is 17.6 Å². The van der Waals surface area contributed by atoms with E-state index in [1.807, 2.05) is 0 Å². The Bertz CT molecular complexity index is 413. The highest BCUT2D eigenvalue weighted by Gasteiger charge is 2.19. The van der Waals surface area contributed by atoms with Crippen LogP contribution in [0.2, 0.25) is 0 Å². The number of benzene rings is 1. The van der Waals surface area contributed by atoms with Crippen LogP contribution >= 0.6 is 15.9 Å². The summed E-state index contributed by atoms with van der Waals surface area (Å²) >= 11 is 3.56. The van der Waals surface area contributed by atoms with Crippen LogP contribution in [0.1, 0.15) is 31.2 Å². The molecule has 3 heteroatoms. The van der Waals surface area contributed by atoms with Crippen LogP contribution in [-0.2, 0) is 0 Å². The Hall–Kier alpha value is -0.380. The van der Waals surface area contributed by atoms with Crippen LogP contribution in [0.15, 0.2) is 28.7 Å². The molecule has 0 amide bonds. The van der Waals surface area contributed by atoms with Gasteiger partial charge in [-0.05, 0) is 69.6 Å². The molecule has 112 valence electrons. The fraction of sp³-hybridized carbons (Fsp3) is 0.647.